The molecule has 1 heterocycles. The predicted molar refractivity (Wildman–Crippen MR) is 121 cm³/mol. The number of benzene rings is 3. The van der Waals surface area contributed by atoms with Gasteiger partial charge in [0.2, 0.25) is 10.0 Å². The summed E-state index contributed by atoms with van der Waals surface area (Å²) in [7, 11) is -3.44. The first-order chi connectivity index (χ1) is 14.3. The third kappa shape index (κ3) is 4.16. The van der Waals surface area contributed by atoms with Gasteiger partial charge in [-0.3, -0.25) is 9.52 Å². The topological polar surface area (TPSA) is 78.5 Å². The van der Waals surface area contributed by atoms with Crippen LogP contribution in [0.3, 0.4) is 0 Å². The molecule has 0 spiro atoms. The number of rotatable bonds is 5. The maximum atomic E-state index is 12.9. The molecule has 3 aromatic rings. The lowest BCUT2D eigenvalue weighted by atomic mass is 10.1. The number of anilines is 4. The van der Waals surface area contributed by atoms with Crippen molar-refractivity contribution in [2.45, 2.75) is 13.3 Å². The number of amides is 1. The number of nitrogens with zero attached hydrogens (tertiary/aromatic N) is 1. The molecule has 0 aliphatic carbocycles. The van der Waals surface area contributed by atoms with E-state index < -0.39 is 10.0 Å². The van der Waals surface area contributed by atoms with Gasteiger partial charge in [-0.25, -0.2) is 8.42 Å². The summed E-state index contributed by atoms with van der Waals surface area (Å²) >= 11 is 0. The van der Waals surface area contributed by atoms with Crippen LogP contribution in [0.5, 0.6) is 0 Å². The maximum Gasteiger partial charge on any atom is 0.255 e. The highest BCUT2D eigenvalue weighted by Gasteiger charge is 2.22. The van der Waals surface area contributed by atoms with Crippen LogP contribution in [-0.2, 0) is 16.4 Å². The molecule has 6 nitrogen and oxygen atoms in total. The molecular weight excluding hydrogens is 398 g/mol. The number of hydrogen-bond acceptors (Lipinski definition) is 4. The van der Waals surface area contributed by atoms with E-state index in [1.54, 1.807) is 25.1 Å². The fourth-order valence-electron chi connectivity index (χ4n) is 3.67. The van der Waals surface area contributed by atoms with Crippen molar-refractivity contribution in [1.29, 1.82) is 0 Å². The molecule has 7 heteroatoms. The van der Waals surface area contributed by atoms with Gasteiger partial charge in [0.1, 0.15) is 0 Å². The van der Waals surface area contributed by atoms with Crippen molar-refractivity contribution in [2.24, 2.45) is 0 Å². The van der Waals surface area contributed by atoms with E-state index in [1.165, 1.54) is 5.56 Å². The Balaban J connectivity index is 1.62. The van der Waals surface area contributed by atoms with E-state index in [2.05, 4.69) is 27.1 Å². The van der Waals surface area contributed by atoms with Gasteiger partial charge < -0.3 is 10.2 Å². The van der Waals surface area contributed by atoms with Gasteiger partial charge >= 0.3 is 0 Å². The zero-order valence-corrected chi connectivity index (χ0v) is 17.7. The second kappa shape index (κ2) is 7.84. The number of nitrogens with one attached hydrogen (secondary N) is 2. The van der Waals surface area contributed by atoms with Gasteiger partial charge in [0.05, 0.1) is 23.3 Å². The summed E-state index contributed by atoms with van der Waals surface area (Å²) in [5.41, 5.74) is 5.58. The highest BCUT2D eigenvalue weighted by Crippen LogP contribution is 2.38. The second-order valence-electron chi connectivity index (χ2n) is 7.41. The highest BCUT2D eigenvalue weighted by atomic mass is 32.2. The van der Waals surface area contributed by atoms with Gasteiger partial charge in [0, 0.05) is 17.8 Å². The molecule has 0 saturated carbocycles. The van der Waals surface area contributed by atoms with Crippen LogP contribution in [0.15, 0.2) is 66.7 Å². The summed E-state index contributed by atoms with van der Waals surface area (Å²) in [6, 6.07) is 20.9. The number of carbonyl (C=O) groups is 1. The lowest BCUT2D eigenvalue weighted by Gasteiger charge is -2.23. The number of sulfonamides is 1. The van der Waals surface area contributed by atoms with E-state index >= 15 is 0 Å². The Labute approximate surface area is 176 Å². The standard InChI is InChI=1S/C23H23N3O3S/c1-16-11-12-18(15-20(16)25-30(2,28)29)23(27)24-19-8-4-6-10-22(19)26-14-13-17-7-3-5-9-21(17)26/h3-12,15,25H,13-14H2,1-2H3,(H,24,27). The molecule has 1 aliphatic heterocycles. The van der Waals surface area contributed by atoms with Gasteiger partial charge in [0.25, 0.3) is 5.91 Å². The van der Waals surface area contributed by atoms with Crippen molar-refractivity contribution in [3.05, 3.63) is 83.4 Å². The lowest BCUT2D eigenvalue weighted by Crippen LogP contribution is -2.19. The molecule has 0 unspecified atom stereocenters. The first kappa shape index (κ1) is 20.0. The molecule has 2 N–H and O–H groups in total. The van der Waals surface area contributed by atoms with Crippen LogP contribution in [0.2, 0.25) is 0 Å². The van der Waals surface area contributed by atoms with E-state index in [9.17, 15) is 13.2 Å². The summed E-state index contributed by atoms with van der Waals surface area (Å²) in [6.45, 7) is 2.63. The Morgan fingerprint density at radius 3 is 2.40 bits per heavy atom. The van der Waals surface area contributed by atoms with Crippen molar-refractivity contribution in [3.8, 4) is 0 Å². The smallest absolute Gasteiger partial charge is 0.255 e. The Morgan fingerprint density at radius 1 is 0.933 bits per heavy atom. The van der Waals surface area contributed by atoms with Crippen LogP contribution in [0.1, 0.15) is 21.5 Å². The SMILES string of the molecule is Cc1ccc(C(=O)Nc2ccccc2N2CCc3ccccc32)cc1NS(C)(=O)=O. The molecule has 1 aliphatic rings. The van der Waals surface area contributed by atoms with Crippen LogP contribution >= 0.6 is 0 Å². The fourth-order valence-corrected chi connectivity index (χ4v) is 4.29. The normalized spacial score (nSPS) is 13.1. The monoisotopic (exact) mass is 421 g/mol. The average Bonchev–Trinajstić information content (AvgIpc) is 3.13. The minimum Gasteiger partial charge on any atom is -0.339 e. The minimum absolute atomic E-state index is 0.300. The Hall–Kier alpha value is -3.32. The van der Waals surface area contributed by atoms with E-state index in [-0.39, 0.29) is 5.91 Å². The van der Waals surface area contributed by atoms with Gasteiger partial charge in [-0.05, 0) is 54.8 Å². The quantitative estimate of drug-likeness (QED) is 0.643. The molecule has 154 valence electrons. The largest absolute Gasteiger partial charge is 0.339 e. The van der Waals surface area contributed by atoms with Crippen LogP contribution in [0, 0.1) is 6.92 Å². The molecule has 0 atom stereocenters. The Bertz CT molecular complexity index is 1220. The lowest BCUT2D eigenvalue weighted by molar-refractivity contribution is 0.102. The van der Waals surface area contributed by atoms with Gasteiger partial charge in [-0.1, -0.05) is 36.4 Å². The first-order valence-corrected chi connectivity index (χ1v) is 11.6. The van der Waals surface area contributed by atoms with E-state index in [0.29, 0.717) is 16.9 Å². The highest BCUT2D eigenvalue weighted by molar-refractivity contribution is 7.92. The maximum absolute atomic E-state index is 12.9. The van der Waals surface area contributed by atoms with Crippen molar-refractivity contribution in [3.63, 3.8) is 0 Å². The number of carbonyl (C=O) groups excluding carboxylic acids is 1. The third-order valence-corrected chi connectivity index (χ3v) is 5.72. The molecular formula is C23H23N3O3S. The van der Waals surface area contributed by atoms with Crippen LogP contribution in [0.25, 0.3) is 0 Å². The molecule has 0 bridgehead atoms. The number of aryl methyl sites for hydroxylation is 1. The summed E-state index contributed by atoms with van der Waals surface area (Å²) in [6.07, 6.45) is 2.04. The first-order valence-electron chi connectivity index (χ1n) is 9.66. The van der Waals surface area contributed by atoms with Crippen molar-refractivity contribution < 1.29 is 13.2 Å². The van der Waals surface area contributed by atoms with Crippen molar-refractivity contribution in [2.75, 3.05) is 27.7 Å². The second-order valence-corrected chi connectivity index (χ2v) is 9.15. The molecule has 1 amide bonds. The van der Waals surface area contributed by atoms with Crippen LogP contribution in [0.4, 0.5) is 22.7 Å². The number of hydrogen-bond donors (Lipinski definition) is 2. The molecule has 0 aromatic heterocycles. The molecule has 0 fully saturated rings. The molecule has 30 heavy (non-hydrogen) atoms. The summed E-state index contributed by atoms with van der Waals surface area (Å²) in [5.74, 6) is -0.300. The summed E-state index contributed by atoms with van der Waals surface area (Å²) in [4.78, 5) is 15.2. The number of para-hydroxylation sites is 3. The molecule has 4 rings (SSSR count). The van der Waals surface area contributed by atoms with Crippen LogP contribution < -0.4 is 14.9 Å². The molecule has 3 aromatic carbocycles. The Kier molecular flexibility index (Phi) is 5.22. The molecule has 0 saturated heterocycles. The van der Waals surface area contributed by atoms with Crippen molar-refractivity contribution >= 4 is 38.7 Å². The Morgan fingerprint density at radius 2 is 1.63 bits per heavy atom. The molecule has 0 radical (unpaired) electrons. The fraction of sp³-hybridized carbons (Fsp3) is 0.174. The summed E-state index contributed by atoms with van der Waals surface area (Å²) in [5, 5.41) is 2.99. The zero-order chi connectivity index (χ0) is 21.3. The van der Waals surface area contributed by atoms with Gasteiger partial charge in [0.15, 0.2) is 0 Å². The summed E-state index contributed by atoms with van der Waals surface area (Å²) < 4.78 is 25.7. The van der Waals surface area contributed by atoms with E-state index in [4.69, 9.17) is 0 Å². The van der Waals surface area contributed by atoms with Crippen LogP contribution in [-0.4, -0.2) is 27.1 Å². The number of fused-ring (bicyclic) bond motifs is 1. The minimum atomic E-state index is -3.44. The predicted octanol–water partition coefficient (Wildman–Crippen LogP) is 4.31. The van der Waals surface area contributed by atoms with Gasteiger partial charge in [-0.2, -0.15) is 0 Å². The zero-order valence-electron chi connectivity index (χ0n) is 16.8. The van der Waals surface area contributed by atoms with Crippen molar-refractivity contribution in [1.82, 2.24) is 0 Å². The third-order valence-electron chi connectivity index (χ3n) is 5.13. The van der Waals surface area contributed by atoms with E-state index in [1.807, 2.05) is 36.4 Å². The average molecular weight is 422 g/mol. The van der Waals surface area contributed by atoms with E-state index in [0.717, 1.165) is 36.2 Å². The van der Waals surface area contributed by atoms with Gasteiger partial charge in [-0.15, -0.1) is 0 Å².